The molecule has 0 aliphatic carbocycles. The van der Waals surface area contributed by atoms with Crippen molar-refractivity contribution in [3.8, 4) is 11.5 Å². The number of rotatable bonds is 3. The molecular formula is C18H25N3O3. The normalized spacial score (nSPS) is 30.3. The van der Waals surface area contributed by atoms with Gasteiger partial charge in [0.05, 0.1) is 0 Å². The second-order valence-electron chi connectivity index (χ2n) is 7.06. The number of piperidine rings is 1. The van der Waals surface area contributed by atoms with Gasteiger partial charge >= 0.3 is 6.03 Å². The Bertz CT molecular complexity index is 609. The van der Waals surface area contributed by atoms with Crippen LogP contribution in [0.2, 0.25) is 0 Å². The first-order valence-electron chi connectivity index (χ1n) is 8.87. The first-order chi connectivity index (χ1) is 11.7. The van der Waals surface area contributed by atoms with Gasteiger partial charge in [-0.2, -0.15) is 0 Å². The van der Waals surface area contributed by atoms with E-state index >= 15 is 0 Å². The summed E-state index contributed by atoms with van der Waals surface area (Å²) in [5.74, 6) is 1.66. The van der Waals surface area contributed by atoms with Gasteiger partial charge in [-0.15, -0.1) is 0 Å². The first-order valence-corrected chi connectivity index (χ1v) is 8.87. The van der Waals surface area contributed by atoms with Crippen LogP contribution in [-0.4, -0.2) is 66.8 Å². The summed E-state index contributed by atoms with van der Waals surface area (Å²) in [6, 6.07) is 8.46. The van der Waals surface area contributed by atoms with Crippen LogP contribution in [0.25, 0.3) is 0 Å². The topological polar surface area (TPSA) is 54.0 Å². The van der Waals surface area contributed by atoms with Crippen molar-refractivity contribution in [3.63, 3.8) is 0 Å². The van der Waals surface area contributed by atoms with Crippen molar-refractivity contribution in [2.24, 2.45) is 0 Å². The lowest BCUT2D eigenvalue weighted by molar-refractivity contribution is 0.0402. The number of para-hydroxylation sites is 2. The fourth-order valence-corrected chi connectivity index (χ4v) is 3.92. The zero-order chi connectivity index (χ0) is 16.5. The Morgan fingerprint density at radius 1 is 1.25 bits per heavy atom. The van der Waals surface area contributed by atoms with Crippen molar-refractivity contribution in [1.29, 1.82) is 0 Å². The van der Waals surface area contributed by atoms with Crippen LogP contribution >= 0.6 is 0 Å². The number of hydrogen-bond acceptors (Lipinski definition) is 4. The average Bonchev–Trinajstić information content (AvgIpc) is 2.93. The Balaban J connectivity index is 1.35. The molecule has 0 spiro atoms. The number of nitrogens with one attached hydrogen (secondary N) is 1. The Hall–Kier alpha value is -1.95. The van der Waals surface area contributed by atoms with Gasteiger partial charge in [-0.3, -0.25) is 4.90 Å². The summed E-state index contributed by atoms with van der Waals surface area (Å²) in [7, 11) is 0. The van der Waals surface area contributed by atoms with Crippen LogP contribution in [0.5, 0.6) is 11.5 Å². The number of amides is 2. The van der Waals surface area contributed by atoms with Crippen LogP contribution in [0.4, 0.5) is 4.79 Å². The molecule has 0 unspecified atom stereocenters. The third-order valence-corrected chi connectivity index (χ3v) is 5.05. The molecular weight excluding hydrogens is 306 g/mol. The Labute approximate surface area is 142 Å². The highest BCUT2D eigenvalue weighted by Crippen LogP contribution is 2.31. The van der Waals surface area contributed by atoms with Gasteiger partial charge in [0.25, 0.3) is 0 Å². The molecule has 0 aromatic heterocycles. The molecule has 24 heavy (non-hydrogen) atoms. The maximum Gasteiger partial charge on any atom is 0.318 e. The number of carbonyl (C=O) groups excluding carboxylic acids is 1. The number of ether oxygens (including phenoxy) is 2. The fraction of sp³-hybridized carbons (Fsp3) is 0.611. The van der Waals surface area contributed by atoms with Crippen molar-refractivity contribution in [2.45, 2.75) is 38.0 Å². The molecule has 1 aromatic carbocycles. The average molecular weight is 331 g/mol. The minimum atomic E-state index is 0.0463. The minimum absolute atomic E-state index is 0.0463. The van der Waals surface area contributed by atoms with Crippen molar-refractivity contribution in [1.82, 2.24) is 15.1 Å². The summed E-state index contributed by atoms with van der Waals surface area (Å²) in [4.78, 5) is 16.5. The number of carbonyl (C=O) groups is 1. The Kier molecular flexibility index (Phi) is 4.22. The largest absolute Gasteiger partial charge is 0.486 e. The monoisotopic (exact) mass is 331 g/mol. The number of fused-ring (bicyclic) bond motifs is 1. The molecule has 1 N–H and O–H groups in total. The summed E-state index contributed by atoms with van der Waals surface area (Å²) < 4.78 is 11.9. The quantitative estimate of drug-likeness (QED) is 0.916. The van der Waals surface area contributed by atoms with E-state index in [-0.39, 0.29) is 18.2 Å². The lowest BCUT2D eigenvalue weighted by atomic mass is 10.0. The van der Waals surface area contributed by atoms with Crippen LogP contribution in [0, 0.1) is 0 Å². The highest BCUT2D eigenvalue weighted by Gasteiger charge is 2.35. The van der Waals surface area contributed by atoms with Crippen LogP contribution in [0.1, 0.15) is 19.8 Å². The zero-order valence-corrected chi connectivity index (χ0v) is 14.1. The summed E-state index contributed by atoms with van der Waals surface area (Å²) in [6.45, 7) is 6.27. The van der Waals surface area contributed by atoms with E-state index in [1.807, 2.05) is 29.2 Å². The molecule has 3 aliphatic heterocycles. The van der Waals surface area contributed by atoms with Gasteiger partial charge in [-0.25, -0.2) is 4.79 Å². The second-order valence-corrected chi connectivity index (χ2v) is 7.06. The highest BCUT2D eigenvalue weighted by atomic mass is 16.6. The van der Waals surface area contributed by atoms with E-state index in [4.69, 9.17) is 9.47 Å². The summed E-state index contributed by atoms with van der Waals surface area (Å²) in [5.41, 5.74) is 0. The molecule has 1 aromatic rings. The van der Waals surface area contributed by atoms with E-state index in [1.165, 1.54) is 0 Å². The molecule has 3 heterocycles. The number of likely N-dealkylation sites (tertiary alicyclic amines) is 1. The standard InChI is InChI=1S/C18H25N3O3/c1-13-9-21(18(22)19-13)14-5-4-8-20(10-14)11-15-12-23-16-6-2-3-7-17(16)24-15/h2-3,6-7,13-15H,4-5,8-12H2,1H3,(H,19,22)/t13-,14+,15+/m1/s1. The molecule has 3 aliphatic rings. The van der Waals surface area contributed by atoms with Crippen molar-refractivity contribution in [3.05, 3.63) is 24.3 Å². The molecule has 2 fully saturated rings. The van der Waals surface area contributed by atoms with Crippen LogP contribution in [0.15, 0.2) is 24.3 Å². The molecule has 0 bridgehead atoms. The number of urea groups is 1. The van der Waals surface area contributed by atoms with Gasteiger partial charge in [-0.1, -0.05) is 12.1 Å². The van der Waals surface area contributed by atoms with Crippen LogP contribution < -0.4 is 14.8 Å². The van der Waals surface area contributed by atoms with Crippen molar-refractivity contribution < 1.29 is 14.3 Å². The van der Waals surface area contributed by atoms with Gasteiger partial charge in [0.1, 0.15) is 12.7 Å². The van der Waals surface area contributed by atoms with E-state index in [9.17, 15) is 4.79 Å². The Morgan fingerprint density at radius 3 is 2.88 bits per heavy atom. The molecule has 6 heteroatoms. The lowest BCUT2D eigenvalue weighted by Crippen LogP contribution is -2.52. The molecule has 2 saturated heterocycles. The summed E-state index contributed by atoms with van der Waals surface area (Å²) >= 11 is 0. The number of nitrogens with zero attached hydrogens (tertiary/aromatic N) is 2. The summed E-state index contributed by atoms with van der Waals surface area (Å²) in [6.07, 6.45) is 2.25. The predicted molar refractivity (Wildman–Crippen MR) is 90.5 cm³/mol. The van der Waals surface area contributed by atoms with E-state index in [2.05, 4.69) is 17.1 Å². The zero-order valence-electron chi connectivity index (χ0n) is 14.1. The molecule has 130 valence electrons. The van der Waals surface area contributed by atoms with Gasteiger partial charge < -0.3 is 19.7 Å². The third kappa shape index (κ3) is 3.15. The van der Waals surface area contributed by atoms with Gasteiger partial charge in [-0.05, 0) is 38.4 Å². The molecule has 0 saturated carbocycles. The molecule has 4 rings (SSSR count). The minimum Gasteiger partial charge on any atom is -0.486 e. The third-order valence-electron chi connectivity index (χ3n) is 5.05. The van der Waals surface area contributed by atoms with E-state index < -0.39 is 0 Å². The van der Waals surface area contributed by atoms with E-state index in [0.717, 1.165) is 50.5 Å². The van der Waals surface area contributed by atoms with E-state index in [1.54, 1.807) is 0 Å². The van der Waals surface area contributed by atoms with Gasteiger partial charge in [0.15, 0.2) is 11.5 Å². The van der Waals surface area contributed by atoms with Gasteiger partial charge in [0, 0.05) is 31.7 Å². The van der Waals surface area contributed by atoms with Crippen molar-refractivity contribution >= 4 is 6.03 Å². The highest BCUT2D eigenvalue weighted by molar-refractivity contribution is 5.77. The van der Waals surface area contributed by atoms with E-state index in [0.29, 0.717) is 12.6 Å². The summed E-state index contributed by atoms with van der Waals surface area (Å²) in [5, 5.41) is 3.00. The molecule has 3 atom stereocenters. The maximum absolute atomic E-state index is 12.1. The number of hydrogen-bond donors (Lipinski definition) is 1. The van der Waals surface area contributed by atoms with Crippen LogP contribution in [-0.2, 0) is 0 Å². The molecule has 2 amide bonds. The maximum atomic E-state index is 12.1. The number of benzene rings is 1. The molecule has 0 radical (unpaired) electrons. The van der Waals surface area contributed by atoms with Gasteiger partial charge in [0.2, 0.25) is 0 Å². The lowest BCUT2D eigenvalue weighted by Gasteiger charge is -2.39. The second kappa shape index (κ2) is 6.51. The fourth-order valence-electron chi connectivity index (χ4n) is 3.92. The predicted octanol–water partition coefficient (Wildman–Crippen LogP) is 1.70. The first kappa shape index (κ1) is 15.6. The van der Waals surface area contributed by atoms with Crippen molar-refractivity contribution in [2.75, 3.05) is 32.8 Å². The Morgan fingerprint density at radius 2 is 2.08 bits per heavy atom. The smallest absolute Gasteiger partial charge is 0.318 e. The molecule has 6 nitrogen and oxygen atoms in total. The SMILES string of the molecule is C[C@@H]1CN([C@H]2CCCN(C[C@H]3COc4ccccc4O3)C2)C(=O)N1. The van der Waals surface area contributed by atoms with Crippen LogP contribution in [0.3, 0.4) is 0 Å².